The van der Waals surface area contributed by atoms with Crippen LogP contribution < -0.4 is 0 Å². The van der Waals surface area contributed by atoms with Crippen molar-refractivity contribution in [1.82, 2.24) is 0 Å². The lowest BCUT2D eigenvalue weighted by Gasteiger charge is -2.16. The summed E-state index contributed by atoms with van der Waals surface area (Å²) in [5.41, 5.74) is 0.712. The molecule has 0 radical (unpaired) electrons. The maximum absolute atomic E-state index is 8.94. The average Bonchev–Trinajstić information content (AvgIpc) is 1.64. The molecule has 0 amide bonds. The smallest absolute Gasteiger partial charge is 0.0592 e. The second-order valence-electron chi connectivity index (χ2n) is 2.35. The van der Waals surface area contributed by atoms with Gasteiger partial charge in [0.2, 0.25) is 0 Å². The molecule has 1 aliphatic rings. The highest BCUT2D eigenvalue weighted by Gasteiger charge is 2.12. The highest BCUT2D eigenvalue weighted by Crippen LogP contribution is 2.13. The number of nitrogens with one attached hydrogen (secondary N) is 1. The van der Waals surface area contributed by atoms with Gasteiger partial charge in [-0.2, -0.15) is 0 Å². The Balaban J connectivity index is 2.34. The van der Waals surface area contributed by atoms with Crippen LogP contribution in [-0.2, 0) is 0 Å². The average molecular weight is 113 g/mol. The van der Waals surface area contributed by atoms with Crippen molar-refractivity contribution in [2.24, 2.45) is 0 Å². The van der Waals surface area contributed by atoms with Crippen LogP contribution in [0.15, 0.2) is 0 Å². The van der Waals surface area contributed by atoms with Crippen LogP contribution >= 0.6 is 0 Å². The normalized spacial score (nSPS) is 30.6. The molecule has 0 bridgehead atoms. The quantitative estimate of drug-likeness (QED) is 0.482. The number of hydrogen-bond donors (Lipinski definition) is 2. The molecule has 1 rings (SSSR count). The molecule has 2 N–H and O–H groups in total. The zero-order chi connectivity index (χ0) is 5.98. The zero-order valence-electron chi connectivity index (χ0n) is 4.85. The van der Waals surface area contributed by atoms with E-state index in [2.05, 4.69) is 0 Å². The van der Waals surface area contributed by atoms with Gasteiger partial charge in [-0.25, -0.2) is 0 Å². The Hall–Kier alpha value is -0.370. The minimum Gasteiger partial charge on any atom is -0.393 e. The molecule has 0 heterocycles. The monoisotopic (exact) mass is 113 g/mol. The highest BCUT2D eigenvalue weighted by atomic mass is 16.3. The van der Waals surface area contributed by atoms with Gasteiger partial charge in [-0.3, -0.25) is 0 Å². The number of aliphatic hydroxyl groups is 1. The predicted octanol–water partition coefficient (Wildman–Crippen LogP) is 0.941. The van der Waals surface area contributed by atoms with E-state index in [-0.39, 0.29) is 6.10 Å². The molecule has 1 aliphatic carbocycles. The summed E-state index contributed by atoms with van der Waals surface area (Å²) >= 11 is 0. The molecule has 0 aromatic heterocycles. The van der Waals surface area contributed by atoms with Crippen LogP contribution in [0.25, 0.3) is 0 Å². The van der Waals surface area contributed by atoms with Gasteiger partial charge in [-0.1, -0.05) is 0 Å². The van der Waals surface area contributed by atoms with Gasteiger partial charge >= 0.3 is 0 Å². The Bertz CT molecular complexity index is 101. The van der Waals surface area contributed by atoms with E-state index in [0.717, 1.165) is 19.3 Å². The van der Waals surface area contributed by atoms with E-state index >= 15 is 0 Å². The Morgan fingerprint density at radius 2 is 2.38 bits per heavy atom. The van der Waals surface area contributed by atoms with Crippen molar-refractivity contribution in [1.29, 1.82) is 5.41 Å². The van der Waals surface area contributed by atoms with Crippen molar-refractivity contribution < 1.29 is 5.11 Å². The van der Waals surface area contributed by atoms with E-state index in [1.807, 2.05) is 0 Å². The van der Waals surface area contributed by atoms with E-state index in [4.69, 9.17) is 10.5 Å². The number of rotatable bonds is 0. The molecule has 2 heteroatoms. The third-order valence-corrected chi connectivity index (χ3v) is 1.50. The van der Waals surface area contributed by atoms with Gasteiger partial charge in [0.05, 0.1) is 6.10 Å². The second kappa shape index (κ2) is 2.27. The SMILES string of the molecule is N=C1CCCC(O)C1. The van der Waals surface area contributed by atoms with Crippen LogP contribution in [0.3, 0.4) is 0 Å². The summed E-state index contributed by atoms with van der Waals surface area (Å²) in [6.07, 6.45) is 3.19. The third kappa shape index (κ3) is 1.30. The van der Waals surface area contributed by atoms with Crippen LogP contribution in [0, 0.1) is 5.41 Å². The Morgan fingerprint density at radius 3 is 2.75 bits per heavy atom. The Morgan fingerprint density at radius 1 is 1.62 bits per heavy atom. The Labute approximate surface area is 49.0 Å². The van der Waals surface area contributed by atoms with E-state index in [1.165, 1.54) is 0 Å². The largest absolute Gasteiger partial charge is 0.393 e. The van der Waals surface area contributed by atoms with Gasteiger partial charge < -0.3 is 10.5 Å². The van der Waals surface area contributed by atoms with Crippen LogP contribution in [0.4, 0.5) is 0 Å². The molecule has 0 saturated heterocycles. The molecule has 1 atom stereocenters. The Kier molecular flexibility index (Phi) is 1.63. The maximum Gasteiger partial charge on any atom is 0.0592 e. The molecule has 0 spiro atoms. The summed E-state index contributed by atoms with van der Waals surface area (Å²) in [6, 6.07) is 0. The van der Waals surface area contributed by atoms with Gasteiger partial charge in [0, 0.05) is 12.1 Å². The molecule has 1 fully saturated rings. The van der Waals surface area contributed by atoms with Crippen LogP contribution in [0.1, 0.15) is 25.7 Å². The zero-order valence-corrected chi connectivity index (χ0v) is 4.85. The van der Waals surface area contributed by atoms with Crippen molar-refractivity contribution in [3.05, 3.63) is 0 Å². The van der Waals surface area contributed by atoms with E-state index < -0.39 is 0 Å². The van der Waals surface area contributed by atoms with Crippen molar-refractivity contribution in [3.8, 4) is 0 Å². The summed E-state index contributed by atoms with van der Waals surface area (Å²) in [6.45, 7) is 0. The van der Waals surface area contributed by atoms with Crippen molar-refractivity contribution in [2.75, 3.05) is 0 Å². The first kappa shape index (κ1) is 5.76. The fraction of sp³-hybridized carbons (Fsp3) is 0.833. The van der Waals surface area contributed by atoms with E-state index in [9.17, 15) is 0 Å². The number of aliphatic hydroxyl groups excluding tert-OH is 1. The van der Waals surface area contributed by atoms with Crippen molar-refractivity contribution >= 4 is 5.71 Å². The summed E-state index contributed by atoms with van der Waals surface area (Å²) in [5.74, 6) is 0. The molecule has 0 aromatic rings. The van der Waals surface area contributed by atoms with Gasteiger partial charge in [-0.05, 0) is 19.3 Å². The summed E-state index contributed by atoms with van der Waals surface area (Å²) in [4.78, 5) is 0. The van der Waals surface area contributed by atoms with E-state index in [0.29, 0.717) is 12.1 Å². The fourth-order valence-electron chi connectivity index (χ4n) is 1.04. The molecule has 1 saturated carbocycles. The lowest BCUT2D eigenvalue weighted by atomic mass is 9.96. The van der Waals surface area contributed by atoms with Crippen molar-refractivity contribution in [2.45, 2.75) is 31.8 Å². The lowest BCUT2D eigenvalue weighted by Crippen LogP contribution is -2.18. The molecule has 2 nitrogen and oxygen atoms in total. The molecule has 46 valence electrons. The molecule has 0 aromatic carbocycles. The predicted molar refractivity (Wildman–Crippen MR) is 32.2 cm³/mol. The molecule has 0 aliphatic heterocycles. The summed E-state index contributed by atoms with van der Waals surface area (Å²) in [5, 5.41) is 16.1. The molecule has 1 unspecified atom stereocenters. The highest BCUT2D eigenvalue weighted by molar-refractivity contribution is 5.82. The minimum absolute atomic E-state index is 0.212. The first-order chi connectivity index (χ1) is 3.79. The topological polar surface area (TPSA) is 44.1 Å². The van der Waals surface area contributed by atoms with E-state index in [1.54, 1.807) is 0 Å². The summed E-state index contributed by atoms with van der Waals surface area (Å²) in [7, 11) is 0. The summed E-state index contributed by atoms with van der Waals surface area (Å²) < 4.78 is 0. The number of hydrogen-bond acceptors (Lipinski definition) is 2. The first-order valence-corrected chi connectivity index (χ1v) is 3.03. The van der Waals surface area contributed by atoms with Crippen LogP contribution in [0.5, 0.6) is 0 Å². The van der Waals surface area contributed by atoms with Gasteiger partial charge in [0.25, 0.3) is 0 Å². The molecular weight excluding hydrogens is 102 g/mol. The van der Waals surface area contributed by atoms with Gasteiger partial charge in [0.1, 0.15) is 0 Å². The second-order valence-corrected chi connectivity index (χ2v) is 2.35. The van der Waals surface area contributed by atoms with Crippen LogP contribution in [0.2, 0.25) is 0 Å². The van der Waals surface area contributed by atoms with Crippen LogP contribution in [-0.4, -0.2) is 16.9 Å². The minimum atomic E-state index is -0.212. The maximum atomic E-state index is 8.94. The molecule has 8 heavy (non-hydrogen) atoms. The standard InChI is InChI=1S/C6H11NO/c7-5-2-1-3-6(8)4-5/h6-8H,1-4H2. The molecular formula is C6H11NO. The van der Waals surface area contributed by atoms with Gasteiger partial charge in [0.15, 0.2) is 0 Å². The van der Waals surface area contributed by atoms with Gasteiger partial charge in [-0.15, -0.1) is 0 Å². The van der Waals surface area contributed by atoms with Crippen molar-refractivity contribution in [3.63, 3.8) is 0 Å². The fourth-order valence-corrected chi connectivity index (χ4v) is 1.04. The first-order valence-electron chi connectivity index (χ1n) is 3.03. The lowest BCUT2D eigenvalue weighted by molar-refractivity contribution is 0.162. The third-order valence-electron chi connectivity index (χ3n) is 1.50.